The third-order valence-electron chi connectivity index (χ3n) is 3.33. The molecule has 1 atom stereocenters. The summed E-state index contributed by atoms with van der Waals surface area (Å²) in [6.45, 7) is 5.08. The minimum absolute atomic E-state index is 0.0872. The molecule has 0 radical (unpaired) electrons. The van der Waals surface area contributed by atoms with Crippen LogP contribution in [0.5, 0.6) is 0 Å². The summed E-state index contributed by atoms with van der Waals surface area (Å²) < 4.78 is 0. The number of amides is 1. The van der Waals surface area contributed by atoms with Gasteiger partial charge < -0.3 is 10.0 Å². The van der Waals surface area contributed by atoms with Gasteiger partial charge in [-0.15, -0.1) is 0 Å². The van der Waals surface area contributed by atoms with Crippen LogP contribution in [0.4, 0.5) is 0 Å². The predicted octanol–water partition coefficient (Wildman–Crippen LogP) is -0.445. The molecule has 0 aliphatic carbocycles. The Hall–Kier alpha value is -1.14. The number of nitrogens with zero attached hydrogens (tertiary/aromatic N) is 3. The van der Waals surface area contributed by atoms with E-state index >= 15 is 0 Å². The third kappa shape index (κ3) is 4.27. The van der Waals surface area contributed by atoms with Crippen molar-refractivity contribution in [2.75, 3.05) is 46.8 Å². The molecule has 1 amide bonds. The van der Waals surface area contributed by atoms with Gasteiger partial charge in [-0.05, 0) is 13.3 Å². The van der Waals surface area contributed by atoms with Gasteiger partial charge in [0.05, 0.1) is 12.6 Å². The van der Waals surface area contributed by atoms with Crippen molar-refractivity contribution < 1.29 is 14.7 Å². The Morgan fingerprint density at radius 1 is 1.22 bits per heavy atom. The number of rotatable bonds is 4. The average molecular weight is 257 g/mol. The van der Waals surface area contributed by atoms with Crippen LogP contribution in [0, 0.1) is 0 Å². The fraction of sp³-hybridized carbons (Fsp3) is 0.833. The van der Waals surface area contributed by atoms with Crippen LogP contribution < -0.4 is 0 Å². The maximum Gasteiger partial charge on any atom is 0.317 e. The summed E-state index contributed by atoms with van der Waals surface area (Å²) >= 11 is 0. The van der Waals surface area contributed by atoms with E-state index in [1.54, 1.807) is 19.0 Å². The van der Waals surface area contributed by atoms with Crippen LogP contribution in [-0.4, -0.2) is 84.5 Å². The third-order valence-corrected chi connectivity index (χ3v) is 3.33. The highest BCUT2D eigenvalue weighted by Crippen LogP contribution is 2.08. The maximum atomic E-state index is 11.9. The summed E-state index contributed by atoms with van der Waals surface area (Å²) in [6.07, 6.45) is 0.901. The molecule has 104 valence electrons. The van der Waals surface area contributed by atoms with Crippen LogP contribution in [0.15, 0.2) is 0 Å². The summed E-state index contributed by atoms with van der Waals surface area (Å²) in [5.41, 5.74) is 0. The standard InChI is InChI=1S/C12H23N3O3/c1-10(12(18)13(2)3)15-6-4-5-14(7-8-15)9-11(16)17/h10H,4-9H2,1-3H3,(H,16,17). The minimum atomic E-state index is -0.791. The first-order valence-electron chi connectivity index (χ1n) is 6.31. The molecule has 1 saturated heterocycles. The van der Waals surface area contributed by atoms with E-state index in [0.717, 1.165) is 26.1 Å². The molecule has 0 aromatic carbocycles. The van der Waals surface area contributed by atoms with E-state index in [9.17, 15) is 9.59 Å². The van der Waals surface area contributed by atoms with Crippen LogP contribution in [0.3, 0.4) is 0 Å². The molecule has 6 heteroatoms. The van der Waals surface area contributed by atoms with Crippen LogP contribution in [0.25, 0.3) is 0 Å². The van der Waals surface area contributed by atoms with Gasteiger partial charge in [-0.2, -0.15) is 0 Å². The lowest BCUT2D eigenvalue weighted by molar-refractivity contribution is -0.138. The zero-order valence-corrected chi connectivity index (χ0v) is 11.4. The van der Waals surface area contributed by atoms with Gasteiger partial charge in [-0.1, -0.05) is 0 Å². The summed E-state index contributed by atoms with van der Waals surface area (Å²) in [5.74, 6) is -0.692. The molecule has 0 saturated carbocycles. The van der Waals surface area contributed by atoms with Crippen LogP contribution in [0.1, 0.15) is 13.3 Å². The first kappa shape index (κ1) is 14.9. The first-order chi connectivity index (χ1) is 8.41. The van der Waals surface area contributed by atoms with Gasteiger partial charge in [0.15, 0.2) is 0 Å². The van der Waals surface area contributed by atoms with Gasteiger partial charge >= 0.3 is 5.97 Å². The van der Waals surface area contributed by atoms with Gasteiger partial charge in [-0.3, -0.25) is 19.4 Å². The molecular formula is C12H23N3O3. The van der Waals surface area contributed by atoms with Gasteiger partial charge in [-0.25, -0.2) is 0 Å². The molecular weight excluding hydrogens is 234 g/mol. The molecule has 1 heterocycles. The largest absolute Gasteiger partial charge is 0.480 e. The van der Waals surface area contributed by atoms with Crippen molar-refractivity contribution in [2.45, 2.75) is 19.4 Å². The predicted molar refractivity (Wildman–Crippen MR) is 68.4 cm³/mol. The van der Waals surface area contributed by atoms with Crippen molar-refractivity contribution in [1.82, 2.24) is 14.7 Å². The van der Waals surface area contributed by atoms with Crippen LogP contribution >= 0.6 is 0 Å². The van der Waals surface area contributed by atoms with E-state index in [-0.39, 0.29) is 18.5 Å². The zero-order valence-electron chi connectivity index (χ0n) is 11.4. The number of carboxylic acids is 1. The lowest BCUT2D eigenvalue weighted by Gasteiger charge is -2.28. The van der Waals surface area contributed by atoms with Crippen molar-refractivity contribution in [3.8, 4) is 0 Å². The Balaban J connectivity index is 2.51. The van der Waals surface area contributed by atoms with Crippen molar-refractivity contribution in [1.29, 1.82) is 0 Å². The summed E-state index contributed by atoms with van der Waals surface area (Å²) in [5, 5.41) is 8.78. The zero-order chi connectivity index (χ0) is 13.7. The van der Waals surface area contributed by atoms with E-state index in [0.29, 0.717) is 6.54 Å². The second-order valence-electron chi connectivity index (χ2n) is 4.97. The number of carbonyl (C=O) groups excluding carboxylic acids is 1. The van der Waals surface area contributed by atoms with Crippen molar-refractivity contribution >= 4 is 11.9 Å². The molecule has 1 N–H and O–H groups in total. The molecule has 1 aliphatic rings. The van der Waals surface area contributed by atoms with E-state index in [1.165, 1.54) is 0 Å². The Labute approximate surface area is 108 Å². The van der Waals surface area contributed by atoms with Gasteiger partial charge in [0, 0.05) is 40.3 Å². The number of hydrogen-bond acceptors (Lipinski definition) is 4. The molecule has 0 aromatic heterocycles. The second-order valence-corrected chi connectivity index (χ2v) is 4.97. The van der Waals surface area contributed by atoms with E-state index in [1.807, 2.05) is 11.8 Å². The Morgan fingerprint density at radius 3 is 2.44 bits per heavy atom. The van der Waals surface area contributed by atoms with Gasteiger partial charge in [0.25, 0.3) is 0 Å². The smallest absolute Gasteiger partial charge is 0.317 e. The second kappa shape index (κ2) is 6.70. The SMILES string of the molecule is CC(C(=O)N(C)C)N1CCCN(CC(=O)O)CC1. The number of likely N-dealkylation sites (N-methyl/N-ethyl adjacent to an activating group) is 1. The molecule has 1 fully saturated rings. The minimum Gasteiger partial charge on any atom is -0.480 e. The molecule has 0 spiro atoms. The highest BCUT2D eigenvalue weighted by atomic mass is 16.4. The molecule has 0 aromatic rings. The number of aliphatic carboxylic acids is 1. The van der Waals surface area contributed by atoms with Crippen LogP contribution in [-0.2, 0) is 9.59 Å². The maximum absolute atomic E-state index is 11.9. The quantitative estimate of drug-likeness (QED) is 0.739. The van der Waals surface area contributed by atoms with Gasteiger partial charge in [0.1, 0.15) is 0 Å². The Bertz CT molecular complexity index is 307. The molecule has 0 bridgehead atoms. The van der Waals surface area contributed by atoms with Crippen molar-refractivity contribution in [3.63, 3.8) is 0 Å². The first-order valence-corrected chi connectivity index (χ1v) is 6.31. The fourth-order valence-electron chi connectivity index (χ4n) is 2.26. The summed E-state index contributed by atoms with van der Waals surface area (Å²) in [7, 11) is 3.51. The fourth-order valence-corrected chi connectivity index (χ4v) is 2.26. The highest BCUT2D eigenvalue weighted by Gasteiger charge is 2.25. The lowest BCUT2D eigenvalue weighted by atomic mass is 10.2. The molecule has 1 unspecified atom stereocenters. The molecule has 18 heavy (non-hydrogen) atoms. The van der Waals surface area contributed by atoms with E-state index in [4.69, 9.17) is 5.11 Å². The van der Waals surface area contributed by atoms with Crippen LogP contribution in [0.2, 0.25) is 0 Å². The monoisotopic (exact) mass is 257 g/mol. The average Bonchev–Trinajstić information content (AvgIpc) is 2.51. The van der Waals surface area contributed by atoms with Crippen molar-refractivity contribution in [3.05, 3.63) is 0 Å². The normalized spacial score (nSPS) is 20.2. The molecule has 1 aliphatic heterocycles. The van der Waals surface area contributed by atoms with Crippen molar-refractivity contribution in [2.24, 2.45) is 0 Å². The molecule has 1 rings (SSSR count). The Morgan fingerprint density at radius 2 is 1.89 bits per heavy atom. The lowest BCUT2D eigenvalue weighted by Crippen LogP contribution is -2.46. The molecule has 6 nitrogen and oxygen atoms in total. The van der Waals surface area contributed by atoms with Gasteiger partial charge in [0.2, 0.25) is 5.91 Å². The number of carboxylic acid groups (broad SMARTS) is 1. The topological polar surface area (TPSA) is 64.1 Å². The highest BCUT2D eigenvalue weighted by molar-refractivity contribution is 5.80. The number of carbonyl (C=O) groups is 2. The summed E-state index contributed by atoms with van der Waals surface area (Å²) in [4.78, 5) is 28.2. The van der Waals surface area contributed by atoms with E-state index in [2.05, 4.69) is 4.90 Å². The summed E-state index contributed by atoms with van der Waals surface area (Å²) in [6, 6.07) is -0.134. The van der Waals surface area contributed by atoms with E-state index < -0.39 is 5.97 Å². The Kier molecular flexibility index (Phi) is 5.55. The number of hydrogen-bond donors (Lipinski definition) is 1.